The number of hydrazine groups is 1. The van der Waals surface area contributed by atoms with Crippen molar-refractivity contribution in [1.29, 1.82) is 0 Å². The normalized spacial score (nSPS) is 15.2. The smallest absolute Gasteiger partial charge is 0.311 e. The van der Waals surface area contributed by atoms with Crippen molar-refractivity contribution in [2.75, 3.05) is 12.1 Å². The Balaban J connectivity index is 1.96. The molecule has 0 bridgehead atoms. The van der Waals surface area contributed by atoms with Gasteiger partial charge in [-0.2, -0.15) is 0 Å². The van der Waals surface area contributed by atoms with Gasteiger partial charge in [0, 0.05) is 6.07 Å². The average Bonchev–Trinajstić information content (AvgIpc) is 2.92. The van der Waals surface area contributed by atoms with Crippen LogP contribution in [0.1, 0.15) is 5.56 Å². The Bertz CT molecular complexity index is 1010. The van der Waals surface area contributed by atoms with Gasteiger partial charge in [0.2, 0.25) is 0 Å². The molecule has 1 N–H and O–H groups in total. The molecule has 8 nitrogen and oxygen atoms in total. The van der Waals surface area contributed by atoms with Gasteiger partial charge in [-0.15, -0.1) is 0 Å². The first kappa shape index (κ1) is 18.7. The molecule has 0 atom stereocenters. The van der Waals surface area contributed by atoms with Crippen LogP contribution in [0, 0.1) is 10.1 Å². The quantitative estimate of drug-likeness (QED) is 0.362. The molecule has 10 heteroatoms. The monoisotopic (exact) mass is 407 g/mol. The number of methoxy groups -OCH3 is 1. The molecule has 0 radical (unpaired) electrons. The van der Waals surface area contributed by atoms with Crippen LogP contribution in [0.25, 0.3) is 6.08 Å². The Hall–Kier alpha value is -3.10. The molecule has 1 aliphatic heterocycles. The first-order chi connectivity index (χ1) is 12.8. The van der Waals surface area contributed by atoms with Crippen LogP contribution in [0.2, 0.25) is 10.0 Å². The van der Waals surface area contributed by atoms with Crippen LogP contribution in [0.15, 0.2) is 42.0 Å². The average molecular weight is 408 g/mol. The molecule has 1 saturated heterocycles. The molecule has 0 spiro atoms. The van der Waals surface area contributed by atoms with Gasteiger partial charge in [-0.1, -0.05) is 29.3 Å². The van der Waals surface area contributed by atoms with E-state index >= 15 is 0 Å². The summed E-state index contributed by atoms with van der Waals surface area (Å²) in [6.07, 6.45) is 1.27. The molecule has 138 valence electrons. The van der Waals surface area contributed by atoms with E-state index in [1.54, 1.807) is 0 Å². The molecule has 0 aliphatic carbocycles. The summed E-state index contributed by atoms with van der Waals surface area (Å²) in [5.41, 5.74) is 2.58. The number of nitro groups is 1. The van der Waals surface area contributed by atoms with E-state index < -0.39 is 16.7 Å². The van der Waals surface area contributed by atoms with Crippen molar-refractivity contribution in [3.05, 3.63) is 67.7 Å². The van der Waals surface area contributed by atoms with Crippen LogP contribution < -0.4 is 15.2 Å². The van der Waals surface area contributed by atoms with Crippen molar-refractivity contribution >= 4 is 52.5 Å². The Morgan fingerprint density at radius 2 is 1.89 bits per heavy atom. The molecule has 3 rings (SSSR count). The summed E-state index contributed by atoms with van der Waals surface area (Å²) in [6.45, 7) is 0. The summed E-state index contributed by atoms with van der Waals surface area (Å²) in [7, 11) is 1.31. The largest absolute Gasteiger partial charge is 0.490 e. The topological polar surface area (TPSA) is 102 Å². The van der Waals surface area contributed by atoms with Crippen molar-refractivity contribution in [2.45, 2.75) is 0 Å². The molecule has 1 aliphatic rings. The molecule has 2 aromatic rings. The molecule has 1 fully saturated rings. The lowest BCUT2D eigenvalue weighted by molar-refractivity contribution is -0.385. The fourth-order valence-electron chi connectivity index (χ4n) is 2.47. The minimum Gasteiger partial charge on any atom is -0.490 e. The van der Waals surface area contributed by atoms with Crippen LogP contribution >= 0.6 is 23.2 Å². The zero-order valence-electron chi connectivity index (χ0n) is 13.7. The van der Waals surface area contributed by atoms with Gasteiger partial charge < -0.3 is 4.74 Å². The number of ether oxygens (including phenoxy) is 1. The first-order valence-corrected chi connectivity index (χ1v) is 8.22. The van der Waals surface area contributed by atoms with E-state index in [9.17, 15) is 19.7 Å². The van der Waals surface area contributed by atoms with Gasteiger partial charge in [-0.25, -0.2) is 5.01 Å². The lowest BCUT2D eigenvalue weighted by atomic mass is 10.1. The van der Waals surface area contributed by atoms with Crippen LogP contribution in [0.4, 0.5) is 11.4 Å². The number of nitro benzene ring substituents is 1. The maximum absolute atomic E-state index is 12.6. The summed E-state index contributed by atoms with van der Waals surface area (Å²) in [5, 5.41) is 12.7. The number of carbonyl (C=O) groups is 2. The Labute approximate surface area is 163 Å². The number of benzene rings is 2. The molecule has 2 amide bonds. The molecule has 27 heavy (non-hydrogen) atoms. The number of halogens is 2. The number of anilines is 1. The number of nitrogens with one attached hydrogen (secondary N) is 1. The summed E-state index contributed by atoms with van der Waals surface area (Å²) < 4.78 is 4.93. The van der Waals surface area contributed by atoms with Crippen molar-refractivity contribution < 1.29 is 19.2 Å². The van der Waals surface area contributed by atoms with E-state index in [1.165, 1.54) is 49.6 Å². The highest BCUT2D eigenvalue weighted by Gasteiger charge is 2.34. The zero-order valence-corrected chi connectivity index (χ0v) is 15.2. The molecule has 1 heterocycles. The van der Waals surface area contributed by atoms with E-state index in [2.05, 4.69) is 5.43 Å². The predicted molar refractivity (Wildman–Crippen MR) is 99.7 cm³/mol. The number of amides is 2. The third-order valence-corrected chi connectivity index (χ3v) is 4.50. The van der Waals surface area contributed by atoms with Crippen molar-refractivity contribution in [1.82, 2.24) is 5.43 Å². The minimum atomic E-state index is -0.649. The summed E-state index contributed by atoms with van der Waals surface area (Å²) in [5.74, 6) is -1.21. The van der Waals surface area contributed by atoms with Crippen molar-refractivity contribution in [3.8, 4) is 5.75 Å². The van der Waals surface area contributed by atoms with Crippen LogP contribution in [-0.2, 0) is 9.59 Å². The maximum atomic E-state index is 12.6. The molecule has 0 aromatic heterocycles. The van der Waals surface area contributed by atoms with Gasteiger partial charge >= 0.3 is 5.69 Å². The summed E-state index contributed by atoms with van der Waals surface area (Å²) in [4.78, 5) is 35.3. The number of carbonyl (C=O) groups excluding carboxylic acids is 2. The second-order valence-corrected chi connectivity index (χ2v) is 6.24. The molecule has 2 aromatic carbocycles. The van der Waals surface area contributed by atoms with Crippen LogP contribution in [0.3, 0.4) is 0 Å². The minimum absolute atomic E-state index is 0.0711. The number of hydrogen-bond donors (Lipinski definition) is 1. The second-order valence-electron chi connectivity index (χ2n) is 5.43. The van der Waals surface area contributed by atoms with Gasteiger partial charge in [0.15, 0.2) is 5.75 Å². The number of hydrogen-bond acceptors (Lipinski definition) is 5. The van der Waals surface area contributed by atoms with Crippen LogP contribution in [-0.4, -0.2) is 23.8 Å². The van der Waals surface area contributed by atoms with Gasteiger partial charge in [0.1, 0.15) is 5.57 Å². The highest BCUT2D eigenvalue weighted by Crippen LogP contribution is 2.31. The van der Waals surface area contributed by atoms with E-state index in [1.807, 2.05) is 0 Å². The molecule has 0 saturated carbocycles. The third-order valence-electron chi connectivity index (χ3n) is 3.76. The lowest BCUT2D eigenvalue weighted by Crippen LogP contribution is -2.35. The fraction of sp³-hybridized carbons (Fsp3) is 0.0588. The number of rotatable bonds is 4. The number of nitrogens with zero attached hydrogens (tertiary/aromatic N) is 2. The van der Waals surface area contributed by atoms with E-state index in [0.29, 0.717) is 16.3 Å². The molecular weight excluding hydrogens is 397 g/mol. The van der Waals surface area contributed by atoms with E-state index in [-0.39, 0.29) is 22.0 Å². The molecule has 0 unspecified atom stereocenters. The van der Waals surface area contributed by atoms with E-state index in [4.69, 9.17) is 27.9 Å². The van der Waals surface area contributed by atoms with Crippen LogP contribution in [0.5, 0.6) is 5.75 Å². The lowest BCUT2D eigenvalue weighted by Gasteiger charge is -2.15. The highest BCUT2D eigenvalue weighted by molar-refractivity contribution is 6.42. The zero-order chi connectivity index (χ0) is 19.7. The molecular formula is C17H11Cl2N3O5. The van der Waals surface area contributed by atoms with Gasteiger partial charge in [-0.3, -0.25) is 25.1 Å². The Morgan fingerprint density at radius 1 is 1.15 bits per heavy atom. The van der Waals surface area contributed by atoms with Crippen molar-refractivity contribution in [2.24, 2.45) is 0 Å². The first-order valence-electron chi connectivity index (χ1n) is 7.46. The van der Waals surface area contributed by atoms with E-state index in [0.717, 1.165) is 5.01 Å². The Morgan fingerprint density at radius 3 is 2.52 bits per heavy atom. The maximum Gasteiger partial charge on any atom is 0.311 e. The highest BCUT2D eigenvalue weighted by atomic mass is 35.5. The second kappa shape index (κ2) is 7.26. The summed E-state index contributed by atoms with van der Waals surface area (Å²) >= 11 is 11.8. The fourth-order valence-corrected chi connectivity index (χ4v) is 2.76. The van der Waals surface area contributed by atoms with Gasteiger partial charge in [-0.05, 0) is 35.9 Å². The SMILES string of the molecule is COc1ccc(C=C2C(=O)NN(c3ccc(Cl)c(Cl)c3)C2=O)cc1[N+](=O)[O-]. The predicted octanol–water partition coefficient (Wildman–Crippen LogP) is 3.37. The van der Waals surface area contributed by atoms with Gasteiger partial charge in [0.25, 0.3) is 11.8 Å². The van der Waals surface area contributed by atoms with Gasteiger partial charge in [0.05, 0.1) is 27.8 Å². The van der Waals surface area contributed by atoms with Crippen molar-refractivity contribution in [3.63, 3.8) is 0 Å². The summed E-state index contributed by atoms with van der Waals surface area (Å²) in [6, 6.07) is 8.55. The third kappa shape index (κ3) is 3.57. The Kier molecular flexibility index (Phi) is 5.02. The standard InChI is InChI=1S/C17H11Cl2N3O5/c1-27-15-5-2-9(7-14(15)22(25)26)6-11-16(23)20-21(17(11)24)10-3-4-12(18)13(19)8-10/h2-8H,1H3,(H,20,23).